The van der Waals surface area contributed by atoms with Crippen LogP contribution in [-0.2, 0) is 4.79 Å². The molecule has 1 aromatic heterocycles. The summed E-state index contributed by atoms with van der Waals surface area (Å²) in [4.78, 5) is 26.9. The average molecular weight is 291 g/mol. The first-order chi connectivity index (χ1) is 9.59. The number of amides is 2. The smallest absolute Gasteiger partial charge is 0.319 e. The van der Waals surface area contributed by atoms with Crippen molar-refractivity contribution in [3.63, 3.8) is 0 Å². The fraction of sp³-hybridized carbons (Fsp3) is 0.308. The van der Waals surface area contributed by atoms with Crippen molar-refractivity contribution < 1.29 is 14.7 Å². The number of urea groups is 1. The van der Waals surface area contributed by atoms with Gasteiger partial charge in [0.25, 0.3) is 0 Å². The predicted molar refractivity (Wildman–Crippen MR) is 75.9 cm³/mol. The van der Waals surface area contributed by atoms with Crippen LogP contribution in [0.5, 0.6) is 0 Å². The molecule has 6 nitrogen and oxygen atoms in total. The molecule has 104 valence electrons. The number of carbonyl (C=O) groups is 2. The topological polar surface area (TPSA) is 91.3 Å². The summed E-state index contributed by atoms with van der Waals surface area (Å²) in [6, 6.07) is 5.06. The lowest BCUT2D eigenvalue weighted by atomic mass is 10.1. The molecule has 20 heavy (non-hydrogen) atoms. The zero-order chi connectivity index (χ0) is 14.2. The van der Waals surface area contributed by atoms with Gasteiger partial charge in [-0.15, -0.1) is 11.3 Å². The van der Waals surface area contributed by atoms with E-state index in [0.29, 0.717) is 18.5 Å². The Morgan fingerprint density at radius 2 is 2.20 bits per heavy atom. The van der Waals surface area contributed by atoms with Crippen molar-refractivity contribution in [2.45, 2.75) is 12.8 Å². The minimum Gasteiger partial charge on any atom is -0.481 e. The maximum Gasteiger partial charge on any atom is 0.319 e. The van der Waals surface area contributed by atoms with Gasteiger partial charge in [-0.05, 0) is 31.0 Å². The molecule has 3 N–H and O–H groups in total. The number of aliphatic carboxylic acids is 1. The highest BCUT2D eigenvalue weighted by Gasteiger charge is 2.50. The molecule has 1 aromatic carbocycles. The van der Waals surface area contributed by atoms with E-state index in [-0.39, 0.29) is 12.6 Å². The van der Waals surface area contributed by atoms with Crippen LogP contribution in [0.4, 0.5) is 10.5 Å². The lowest BCUT2D eigenvalue weighted by molar-refractivity contribution is -0.143. The van der Waals surface area contributed by atoms with Gasteiger partial charge in [0.15, 0.2) is 0 Å². The zero-order valence-electron chi connectivity index (χ0n) is 10.5. The van der Waals surface area contributed by atoms with Crippen LogP contribution in [0.3, 0.4) is 0 Å². The number of benzene rings is 1. The van der Waals surface area contributed by atoms with E-state index in [1.807, 2.05) is 12.1 Å². The number of nitrogens with zero attached hydrogens (tertiary/aromatic N) is 1. The third kappa shape index (κ3) is 2.44. The van der Waals surface area contributed by atoms with Gasteiger partial charge in [0, 0.05) is 12.2 Å². The molecule has 1 saturated carbocycles. The number of fused-ring (bicyclic) bond motifs is 1. The maximum atomic E-state index is 11.8. The molecule has 0 aliphatic heterocycles. The lowest BCUT2D eigenvalue weighted by Crippen LogP contribution is -2.36. The van der Waals surface area contributed by atoms with E-state index in [4.69, 9.17) is 5.11 Å². The van der Waals surface area contributed by atoms with Gasteiger partial charge in [0.05, 0.1) is 21.1 Å². The summed E-state index contributed by atoms with van der Waals surface area (Å²) in [6.07, 6.45) is 1.24. The molecule has 0 saturated heterocycles. The number of nitrogens with one attached hydrogen (secondary N) is 2. The molecular weight excluding hydrogens is 278 g/mol. The van der Waals surface area contributed by atoms with Crippen LogP contribution >= 0.6 is 11.3 Å². The van der Waals surface area contributed by atoms with E-state index < -0.39 is 11.4 Å². The summed E-state index contributed by atoms with van der Waals surface area (Å²) in [5.41, 5.74) is 2.56. The number of aromatic nitrogens is 1. The first-order valence-corrected chi connectivity index (χ1v) is 7.09. The van der Waals surface area contributed by atoms with Gasteiger partial charge in [-0.25, -0.2) is 9.78 Å². The number of carboxylic acids is 1. The van der Waals surface area contributed by atoms with E-state index in [2.05, 4.69) is 15.6 Å². The average Bonchev–Trinajstić information content (AvgIpc) is 3.08. The third-order valence-electron chi connectivity index (χ3n) is 3.48. The molecule has 3 rings (SSSR count). The minimum atomic E-state index is -0.844. The monoisotopic (exact) mass is 291 g/mol. The number of carboxylic acid groups (broad SMARTS) is 1. The second-order valence-electron chi connectivity index (χ2n) is 4.93. The van der Waals surface area contributed by atoms with Gasteiger partial charge in [-0.3, -0.25) is 4.79 Å². The number of carbonyl (C=O) groups excluding carboxylic acids is 1. The van der Waals surface area contributed by atoms with Crippen LogP contribution in [0.2, 0.25) is 0 Å². The Hall–Kier alpha value is -2.15. The molecule has 1 heterocycles. The first kappa shape index (κ1) is 12.9. The van der Waals surface area contributed by atoms with Gasteiger partial charge in [-0.2, -0.15) is 0 Å². The second kappa shape index (κ2) is 4.75. The number of hydrogen-bond donors (Lipinski definition) is 3. The summed E-state index contributed by atoms with van der Waals surface area (Å²) >= 11 is 1.50. The highest BCUT2D eigenvalue weighted by Crippen LogP contribution is 2.45. The molecule has 0 spiro atoms. The normalized spacial score (nSPS) is 15.8. The Bertz CT molecular complexity index is 678. The SMILES string of the molecule is O=C(NCC1(C(=O)O)CC1)Nc1ccc2ncsc2c1. The fourth-order valence-electron chi connectivity index (χ4n) is 1.97. The Morgan fingerprint density at radius 3 is 2.90 bits per heavy atom. The third-order valence-corrected chi connectivity index (χ3v) is 4.28. The van der Waals surface area contributed by atoms with E-state index in [9.17, 15) is 9.59 Å². The molecule has 2 amide bonds. The van der Waals surface area contributed by atoms with Crippen LogP contribution in [-0.4, -0.2) is 28.6 Å². The Balaban J connectivity index is 1.59. The molecule has 0 radical (unpaired) electrons. The summed E-state index contributed by atoms with van der Waals surface area (Å²) in [5, 5.41) is 14.3. The Labute approximate surface area is 118 Å². The largest absolute Gasteiger partial charge is 0.481 e. The molecule has 0 atom stereocenters. The molecule has 1 aliphatic carbocycles. The van der Waals surface area contributed by atoms with Gasteiger partial charge in [0.2, 0.25) is 0 Å². The quantitative estimate of drug-likeness (QED) is 0.806. The number of anilines is 1. The van der Waals surface area contributed by atoms with E-state index in [1.165, 1.54) is 11.3 Å². The van der Waals surface area contributed by atoms with Gasteiger partial charge in [0.1, 0.15) is 0 Å². The second-order valence-corrected chi connectivity index (χ2v) is 5.81. The van der Waals surface area contributed by atoms with Crippen molar-refractivity contribution in [2.75, 3.05) is 11.9 Å². The molecule has 2 aromatic rings. The highest BCUT2D eigenvalue weighted by molar-refractivity contribution is 7.16. The highest BCUT2D eigenvalue weighted by atomic mass is 32.1. The number of rotatable bonds is 4. The summed E-state index contributed by atoms with van der Waals surface area (Å²) in [7, 11) is 0. The summed E-state index contributed by atoms with van der Waals surface area (Å²) in [6.45, 7) is 0.164. The van der Waals surface area contributed by atoms with Gasteiger partial charge in [-0.1, -0.05) is 0 Å². The van der Waals surface area contributed by atoms with Crippen molar-refractivity contribution in [3.05, 3.63) is 23.7 Å². The first-order valence-electron chi connectivity index (χ1n) is 6.21. The van der Waals surface area contributed by atoms with Crippen molar-refractivity contribution >= 4 is 39.2 Å². The zero-order valence-corrected chi connectivity index (χ0v) is 11.4. The molecule has 1 aliphatic rings. The summed E-state index contributed by atoms with van der Waals surface area (Å²) < 4.78 is 0.993. The van der Waals surface area contributed by atoms with Gasteiger partial charge >= 0.3 is 12.0 Å². The minimum absolute atomic E-state index is 0.164. The van der Waals surface area contributed by atoms with Crippen LogP contribution in [0.25, 0.3) is 10.2 Å². The summed E-state index contributed by atoms with van der Waals surface area (Å²) in [5.74, 6) is -0.844. The van der Waals surface area contributed by atoms with Crippen LogP contribution < -0.4 is 10.6 Å². The standard InChI is InChI=1S/C13H13N3O3S/c17-11(18)13(3-4-13)6-14-12(19)16-8-1-2-9-10(5-8)20-7-15-9/h1-2,5,7H,3-4,6H2,(H,17,18)(H2,14,16,19). The lowest BCUT2D eigenvalue weighted by Gasteiger charge is -2.12. The Morgan fingerprint density at radius 1 is 1.40 bits per heavy atom. The Kier molecular flexibility index (Phi) is 3.06. The molecule has 0 bridgehead atoms. The van der Waals surface area contributed by atoms with Crippen LogP contribution in [0.1, 0.15) is 12.8 Å². The molecule has 1 fully saturated rings. The van der Waals surface area contributed by atoms with Crippen molar-refractivity contribution in [2.24, 2.45) is 5.41 Å². The maximum absolute atomic E-state index is 11.8. The molecule has 0 unspecified atom stereocenters. The van der Waals surface area contributed by atoms with Crippen molar-refractivity contribution in [1.29, 1.82) is 0 Å². The van der Waals surface area contributed by atoms with E-state index in [1.54, 1.807) is 11.6 Å². The predicted octanol–water partition coefficient (Wildman–Crippen LogP) is 2.28. The number of thiazole rings is 1. The van der Waals surface area contributed by atoms with E-state index >= 15 is 0 Å². The fourth-order valence-corrected chi connectivity index (χ4v) is 2.69. The van der Waals surface area contributed by atoms with E-state index in [0.717, 1.165) is 10.2 Å². The van der Waals surface area contributed by atoms with Crippen LogP contribution in [0.15, 0.2) is 23.7 Å². The van der Waals surface area contributed by atoms with Gasteiger partial charge < -0.3 is 15.7 Å². The van der Waals surface area contributed by atoms with Crippen molar-refractivity contribution in [1.82, 2.24) is 10.3 Å². The van der Waals surface area contributed by atoms with Crippen LogP contribution in [0, 0.1) is 5.41 Å². The van der Waals surface area contributed by atoms with Crippen molar-refractivity contribution in [3.8, 4) is 0 Å². The number of hydrogen-bond acceptors (Lipinski definition) is 4. The molecule has 7 heteroatoms. The molecular formula is C13H13N3O3S.